The number of piperidine rings is 1. The Balaban J connectivity index is 1.53. The SMILES string of the molecule is CCOC(=O)C1=C(COC(=O)C2CCN(C(=O)c3ccc(F)cc3)CC2)NC(=O)NC1. The van der Waals surface area contributed by atoms with Crippen LogP contribution in [0.1, 0.15) is 30.1 Å². The number of carbonyl (C=O) groups excluding carboxylic acids is 4. The number of likely N-dealkylation sites (tertiary alicyclic amines) is 1. The maximum atomic E-state index is 13.0. The summed E-state index contributed by atoms with van der Waals surface area (Å²) in [6, 6.07) is 4.83. The average molecular weight is 433 g/mol. The topological polar surface area (TPSA) is 114 Å². The van der Waals surface area contributed by atoms with Gasteiger partial charge in [-0.15, -0.1) is 0 Å². The number of urea groups is 1. The smallest absolute Gasteiger partial charge is 0.337 e. The number of nitrogens with zero attached hydrogens (tertiary/aromatic N) is 1. The van der Waals surface area contributed by atoms with Gasteiger partial charge in [-0.25, -0.2) is 14.0 Å². The standard InChI is InChI=1S/C21H24FN3O6/c1-2-30-20(28)16-11-23-21(29)24-17(16)12-31-19(27)14-7-9-25(10-8-14)18(26)13-3-5-15(22)6-4-13/h3-6,14H,2,7-12H2,1H3,(H2,23,24,29). The molecule has 9 nitrogen and oxygen atoms in total. The van der Waals surface area contributed by atoms with Gasteiger partial charge in [0.1, 0.15) is 12.4 Å². The largest absolute Gasteiger partial charge is 0.463 e. The van der Waals surface area contributed by atoms with Crippen molar-refractivity contribution < 1.29 is 33.0 Å². The van der Waals surface area contributed by atoms with Gasteiger partial charge in [0.15, 0.2) is 0 Å². The molecule has 31 heavy (non-hydrogen) atoms. The molecule has 0 aliphatic carbocycles. The normalized spacial score (nSPS) is 17.0. The third-order valence-electron chi connectivity index (χ3n) is 5.14. The fraction of sp³-hybridized carbons (Fsp3) is 0.429. The third-order valence-corrected chi connectivity index (χ3v) is 5.14. The van der Waals surface area contributed by atoms with E-state index in [2.05, 4.69) is 10.6 Å². The van der Waals surface area contributed by atoms with Gasteiger partial charge in [-0.2, -0.15) is 0 Å². The molecule has 166 valence electrons. The lowest BCUT2D eigenvalue weighted by molar-refractivity contribution is -0.149. The molecule has 3 amide bonds. The van der Waals surface area contributed by atoms with Gasteiger partial charge in [0.2, 0.25) is 0 Å². The Bertz CT molecular complexity index is 891. The molecule has 1 aromatic rings. The Morgan fingerprint density at radius 1 is 1.13 bits per heavy atom. The van der Waals surface area contributed by atoms with Crippen molar-refractivity contribution in [1.82, 2.24) is 15.5 Å². The zero-order chi connectivity index (χ0) is 22.4. The summed E-state index contributed by atoms with van der Waals surface area (Å²) in [5.41, 5.74) is 0.788. The van der Waals surface area contributed by atoms with Crippen molar-refractivity contribution in [3.05, 3.63) is 46.9 Å². The quantitative estimate of drug-likeness (QED) is 0.655. The van der Waals surface area contributed by atoms with E-state index in [4.69, 9.17) is 9.47 Å². The molecular weight excluding hydrogens is 409 g/mol. The number of carbonyl (C=O) groups is 4. The number of halogens is 1. The van der Waals surface area contributed by atoms with Crippen molar-refractivity contribution in [2.24, 2.45) is 5.92 Å². The van der Waals surface area contributed by atoms with E-state index >= 15 is 0 Å². The van der Waals surface area contributed by atoms with Gasteiger partial charge in [0.25, 0.3) is 5.91 Å². The molecule has 10 heteroatoms. The second-order valence-electron chi connectivity index (χ2n) is 7.17. The van der Waals surface area contributed by atoms with Crippen molar-refractivity contribution in [2.45, 2.75) is 19.8 Å². The number of amides is 3. The highest BCUT2D eigenvalue weighted by atomic mass is 19.1. The predicted octanol–water partition coefficient (Wildman–Crippen LogP) is 1.35. The van der Waals surface area contributed by atoms with Crippen molar-refractivity contribution in [3.8, 4) is 0 Å². The van der Waals surface area contributed by atoms with E-state index in [1.807, 2.05) is 0 Å². The van der Waals surface area contributed by atoms with Gasteiger partial charge in [-0.05, 0) is 44.0 Å². The number of rotatable bonds is 6. The zero-order valence-corrected chi connectivity index (χ0v) is 17.1. The molecule has 2 heterocycles. The van der Waals surface area contributed by atoms with E-state index in [1.165, 1.54) is 24.3 Å². The Kier molecular flexibility index (Phi) is 7.22. The molecular formula is C21H24FN3O6. The highest BCUT2D eigenvalue weighted by molar-refractivity contribution is 5.94. The fourth-order valence-electron chi connectivity index (χ4n) is 3.42. The molecule has 1 saturated heterocycles. The van der Waals surface area contributed by atoms with Gasteiger partial charge in [-0.1, -0.05) is 0 Å². The van der Waals surface area contributed by atoms with Crippen LogP contribution < -0.4 is 10.6 Å². The van der Waals surface area contributed by atoms with E-state index in [1.54, 1.807) is 11.8 Å². The molecule has 2 aliphatic rings. The molecule has 0 saturated carbocycles. The number of hydrogen-bond donors (Lipinski definition) is 2. The molecule has 2 aliphatic heterocycles. The molecule has 1 aromatic carbocycles. The second-order valence-corrected chi connectivity index (χ2v) is 7.17. The van der Waals surface area contributed by atoms with Crippen LogP contribution in [0.15, 0.2) is 35.5 Å². The summed E-state index contributed by atoms with van der Waals surface area (Å²) in [4.78, 5) is 50.2. The molecule has 0 bridgehead atoms. The summed E-state index contributed by atoms with van der Waals surface area (Å²) < 4.78 is 23.3. The van der Waals surface area contributed by atoms with Gasteiger partial charge in [0, 0.05) is 18.7 Å². The minimum absolute atomic E-state index is 0.0125. The maximum Gasteiger partial charge on any atom is 0.337 e. The van der Waals surface area contributed by atoms with Crippen molar-refractivity contribution >= 4 is 23.9 Å². The molecule has 0 spiro atoms. The van der Waals surface area contributed by atoms with Crippen LogP contribution >= 0.6 is 0 Å². The Morgan fingerprint density at radius 3 is 2.45 bits per heavy atom. The highest BCUT2D eigenvalue weighted by Crippen LogP contribution is 2.21. The summed E-state index contributed by atoms with van der Waals surface area (Å²) >= 11 is 0. The lowest BCUT2D eigenvalue weighted by Crippen LogP contribution is -2.45. The first-order chi connectivity index (χ1) is 14.9. The van der Waals surface area contributed by atoms with Crippen LogP contribution in [0.4, 0.5) is 9.18 Å². The molecule has 0 unspecified atom stereocenters. The monoisotopic (exact) mass is 433 g/mol. The van der Waals surface area contributed by atoms with Crippen LogP contribution in [-0.2, 0) is 19.1 Å². The average Bonchev–Trinajstić information content (AvgIpc) is 2.78. The predicted molar refractivity (Wildman–Crippen MR) is 106 cm³/mol. The zero-order valence-electron chi connectivity index (χ0n) is 17.1. The van der Waals surface area contributed by atoms with Crippen molar-refractivity contribution in [3.63, 3.8) is 0 Å². The molecule has 2 N–H and O–H groups in total. The van der Waals surface area contributed by atoms with E-state index in [0.717, 1.165) is 0 Å². The van der Waals surface area contributed by atoms with Gasteiger partial charge >= 0.3 is 18.0 Å². The van der Waals surface area contributed by atoms with Crippen LogP contribution in [0.5, 0.6) is 0 Å². The first-order valence-electron chi connectivity index (χ1n) is 10.0. The molecule has 1 fully saturated rings. The second kappa shape index (κ2) is 10.1. The van der Waals surface area contributed by atoms with E-state index in [-0.39, 0.29) is 36.9 Å². The van der Waals surface area contributed by atoms with Crippen LogP contribution in [0.3, 0.4) is 0 Å². The number of hydrogen-bond acceptors (Lipinski definition) is 6. The van der Waals surface area contributed by atoms with Crippen molar-refractivity contribution in [1.29, 1.82) is 0 Å². The first kappa shape index (κ1) is 22.3. The van der Waals surface area contributed by atoms with Gasteiger partial charge in [0.05, 0.1) is 30.3 Å². The molecule has 0 atom stereocenters. The summed E-state index contributed by atoms with van der Waals surface area (Å²) in [6.45, 7) is 2.32. The van der Waals surface area contributed by atoms with Crippen LogP contribution in [-0.4, -0.2) is 61.6 Å². The van der Waals surface area contributed by atoms with Crippen LogP contribution in [0, 0.1) is 11.7 Å². The minimum atomic E-state index is -0.589. The Morgan fingerprint density at radius 2 is 1.81 bits per heavy atom. The highest BCUT2D eigenvalue weighted by Gasteiger charge is 2.30. The van der Waals surface area contributed by atoms with Crippen LogP contribution in [0.25, 0.3) is 0 Å². The molecule has 0 radical (unpaired) electrons. The molecule has 0 aromatic heterocycles. The van der Waals surface area contributed by atoms with Crippen molar-refractivity contribution in [2.75, 3.05) is 32.8 Å². The number of nitrogens with one attached hydrogen (secondary N) is 2. The number of benzene rings is 1. The van der Waals surface area contributed by atoms with Gasteiger partial charge < -0.3 is 25.0 Å². The maximum absolute atomic E-state index is 13.0. The van der Waals surface area contributed by atoms with E-state index in [0.29, 0.717) is 31.5 Å². The fourth-order valence-corrected chi connectivity index (χ4v) is 3.42. The van der Waals surface area contributed by atoms with Gasteiger partial charge in [-0.3, -0.25) is 9.59 Å². The lowest BCUT2D eigenvalue weighted by atomic mass is 9.96. The summed E-state index contributed by atoms with van der Waals surface area (Å²) in [5.74, 6) is -2.08. The number of esters is 2. The van der Waals surface area contributed by atoms with E-state index < -0.39 is 29.7 Å². The number of ether oxygens (including phenoxy) is 2. The summed E-state index contributed by atoms with van der Waals surface area (Å²) in [6.07, 6.45) is 0.840. The van der Waals surface area contributed by atoms with E-state index in [9.17, 15) is 23.6 Å². The third kappa shape index (κ3) is 5.59. The summed E-state index contributed by atoms with van der Waals surface area (Å²) in [7, 11) is 0. The van der Waals surface area contributed by atoms with Crippen LogP contribution in [0.2, 0.25) is 0 Å². The minimum Gasteiger partial charge on any atom is -0.463 e. The Hall–Kier alpha value is -3.43. The Labute approximate surface area is 178 Å². The summed E-state index contributed by atoms with van der Waals surface area (Å²) in [5, 5.41) is 4.96. The molecule has 3 rings (SSSR count). The first-order valence-corrected chi connectivity index (χ1v) is 10.0. The lowest BCUT2D eigenvalue weighted by Gasteiger charge is -2.31.